The van der Waals surface area contributed by atoms with Gasteiger partial charge in [0.2, 0.25) is 5.78 Å². The summed E-state index contributed by atoms with van der Waals surface area (Å²) in [6.07, 6.45) is 2.76. The van der Waals surface area contributed by atoms with Crippen LogP contribution in [0, 0.1) is 5.41 Å². The quantitative estimate of drug-likeness (QED) is 0.614. The second kappa shape index (κ2) is 3.21. The lowest BCUT2D eigenvalue weighted by Crippen LogP contribution is -2.18. The summed E-state index contributed by atoms with van der Waals surface area (Å²) < 4.78 is 9.63. The van der Waals surface area contributed by atoms with Crippen LogP contribution in [0.1, 0.15) is 0 Å². The fraction of sp³-hybridized carbons (Fsp3) is 0.250. The van der Waals surface area contributed by atoms with Crippen molar-refractivity contribution in [3.05, 3.63) is 23.7 Å². The number of carbonyl (C=O) groups is 1. The monoisotopic (exact) mass is 167 g/mol. The van der Waals surface area contributed by atoms with Crippen LogP contribution in [-0.4, -0.2) is 25.7 Å². The lowest BCUT2D eigenvalue weighted by atomic mass is 10.1. The van der Waals surface area contributed by atoms with E-state index in [4.69, 9.17) is 14.9 Å². The Hall–Kier alpha value is -1.58. The predicted molar refractivity (Wildman–Crippen MR) is 42.9 cm³/mol. The van der Waals surface area contributed by atoms with Crippen molar-refractivity contribution in [2.75, 3.05) is 14.2 Å². The van der Waals surface area contributed by atoms with E-state index in [0.717, 1.165) is 0 Å². The molecule has 0 bridgehead atoms. The topological polar surface area (TPSA) is 59.4 Å². The zero-order valence-electron chi connectivity index (χ0n) is 6.88. The number of hydrogen-bond donors (Lipinski definition) is 1. The first-order chi connectivity index (χ1) is 5.69. The number of carbonyl (C=O) groups excluding carboxylic acids is 1. The fourth-order valence-electron chi connectivity index (χ4n) is 0.845. The Morgan fingerprint density at radius 3 is 2.42 bits per heavy atom. The molecular formula is C8H9NO3. The number of methoxy groups -OCH3 is 2. The second-order valence-electron chi connectivity index (χ2n) is 2.20. The zero-order chi connectivity index (χ0) is 9.14. The summed E-state index contributed by atoms with van der Waals surface area (Å²) in [4.78, 5) is 11.0. The van der Waals surface area contributed by atoms with Crippen LogP contribution in [0.4, 0.5) is 0 Å². The molecule has 64 valence electrons. The predicted octanol–water partition coefficient (Wildman–Crippen LogP) is 0.649. The van der Waals surface area contributed by atoms with Gasteiger partial charge >= 0.3 is 0 Å². The van der Waals surface area contributed by atoms with E-state index in [1.165, 1.54) is 26.4 Å². The molecule has 12 heavy (non-hydrogen) atoms. The third kappa shape index (κ3) is 1.37. The lowest BCUT2D eigenvalue weighted by Gasteiger charge is -2.11. The first-order valence-corrected chi connectivity index (χ1v) is 3.33. The van der Waals surface area contributed by atoms with E-state index >= 15 is 0 Å². The molecule has 0 aromatic carbocycles. The summed E-state index contributed by atoms with van der Waals surface area (Å²) in [5.74, 6) is 0.249. The summed E-state index contributed by atoms with van der Waals surface area (Å²) >= 11 is 0. The summed E-state index contributed by atoms with van der Waals surface area (Å²) in [5.41, 5.74) is -0.140. The Labute approximate surface area is 70.0 Å². The summed E-state index contributed by atoms with van der Waals surface area (Å²) in [5, 5.41) is 7.27. The van der Waals surface area contributed by atoms with Gasteiger partial charge < -0.3 is 9.47 Å². The van der Waals surface area contributed by atoms with Crippen molar-refractivity contribution >= 4 is 11.5 Å². The number of rotatable bonds is 2. The van der Waals surface area contributed by atoms with Crippen molar-refractivity contribution in [3.8, 4) is 0 Å². The number of allylic oxidation sites excluding steroid dienone is 3. The highest BCUT2D eigenvalue weighted by atomic mass is 16.5. The smallest absolute Gasteiger partial charge is 0.210 e. The van der Waals surface area contributed by atoms with E-state index < -0.39 is 5.78 Å². The summed E-state index contributed by atoms with van der Waals surface area (Å²) in [6, 6.07) is 0. The molecular weight excluding hydrogens is 158 g/mol. The molecule has 4 nitrogen and oxygen atoms in total. The van der Waals surface area contributed by atoms with E-state index in [0.29, 0.717) is 5.76 Å². The Morgan fingerprint density at radius 1 is 1.25 bits per heavy atom. The molecule has 0 aliphatic heterocycles. The van der Waals surface area contributed by atoms with E-state index in [1.807, 2.05) is 0 Å². The van der Waals surface area contributed by atoms with Gasteiger partial charge in [0.1, 0.15) is 11.5 Å². The van der Waals surface area contributed by atoms with Gasteiger partial charge in [-0.1, -0.05) is 0 Å². The first-order valence-electron chi connectivity index (χ1n) is 3.33. The van der Waals surface area contributed by atoms with Gasteiger partial charge in [-0.2, -0.15) is 0 Å². The molecule has 0 spiro atoms. The van der Waals surface area contributed by atoms with Crippen LogP contribution >= 0.6 is 0 Å². The van der Waals surface area contributed by atoms with Crippen LogP contribution in [0.5, 0.6) is 0 Å². The molecule has 0 fully saturated rings. The molecule has 1 aliphatic carbocycles. The Kier molecular flexibility index (Phi) is 2.28. The largest absolute Gasteiger partial charge is 0.496 e. The highest BCUT2D eigenvalue weighted by Gasteiger charge is 2.19. The average molecular weight is 167 g/mol. The fourth-order valence-corrected chi connectivity index (χ4v) is 0.845. The van der Waals surface area contributed by atoms with Crippen LogP contribution in [0.15, 0.2) is 23.7 Å². The van der Waals surface area contributed by atoms with Crippen molar-refractivity contribution < 1.29 is 14.3 Å². The van der Waals surface area contributed by atoms with Crippen molar-refractivity contribution in [1.82, 2.24) is 0 Å². The number of nitrogens with one attached hydrogen (secondary N) is 1. The van der Waals surface area contributed by atoms with Gasteiger partial charge in [-0.25, -0.2) is 0 Å². The van der Waals surface area contributed by atoms with Crippen molar-refractivity contribution in [1.29, 1.82) is 5.41 Å². The third-order valence-corrected chi connectivity index (χ3v) is 1.50. The van der Waals surface area contributed by atoms with Gasteiger partial charge in [-0.3, -0.25) is 10.2 Å². The molecule has 0 aromatic heterocycles. The number of ether oxygens (including phenoxy) is 2. The minimum Gasteiger partial charge on any atom is -0.496 e. The second-order valence-corrected chi connectivity index (χ2v) is 2.20. The van der Waals surface area contributed by atoms with Gasteiger partial charge in [-0.05, 0) is 0 Å². The standard InChI is InChI=1S/C8H9NO3/c1-11-5-3-6(10)8(9)7(4-5)12-2/h3-4,9H,1-2H3. The summed E-state index contributed by atoms with van der Waals surface area (Å²) in [6.45, 7) is 0. The summed E-state index contributed by atoms with van der Waals surface area (Å²) in [7, 11) is 2.87. The van der Waals surface area contributed by atoms with E-state index in [2.05, 4.69) is 0 Å². The number of hydrogen-bond acceptors (Lipinski definition) is 4. The minimum atomic E-state index is -0.397. The Bertz CT molecular complexity index is 289. The van der Waals surface area contributed by atoms with Gasteiger partial charge in [0.15, 0.2) is 5.76 Å². The number of ketones is 1. The minimum absolute atomic E-state index is 0.140. The van der Waals surface area contributed by atoms with Crippen LogP contribution in [0.3, 0.4) is 0 Å². The maximum absolute atomic E-state index is 11.0. The van der Waals surface area contributed by atoms with E-state index in [-0.39, 0.29) is 11.5 Å². The first kappa shape index (κ1) is 8.52. The average Bonchev–Trinajstić information content (AvgIpc) is 2.09. The Morgan fingerprint density at radius 2 is 1.92 bits per heavy atom. The van der Waals surface area contributed by atoms with Crippen LogP contribution in [-0.2, 0) is 14.3 Å². The molecule has 0 radical (unpaired) electrons. The van der Waals surface area contributed by atoms with Gasteiger partial charge in [-0.15, -0.1) is 0 Å². The van der Waals surface area contributed by atoms with Crippen LogP contribution in [0.2, 0.25) is 0 Å². The van der Waals surface area contributed by atoms with Crippen LogP contribution in [0.25, 0.3) is 0 Å². The van der Waals surface area contributed by atoms with E-state index in [1.54, 1.807) is 0 Å². The molecule has 0 unspecified atom stereocenters. The molecule has 0 amide bonds. The highest BCUT2D eigenvalue weighted by molar-refractivity contribution is 6.49. The molecule has 1 N–H and O–H groups in total. The molecule has 0 heterocycles. The van der Waals surface area contributed by atoms with Crippen molar-refractivity contribution in [3.63, 3.8) is 0 Å². The van der Waals surface area contributed by atoms with E-state index in [9.17, 15) is 4.79 Å². The molecule has 0 aromatic rings. The molecule has 0 atom stereocenters. The Balaban J connectivity index is 3.00. The molecule has 1 rings (SSSR count). The molecule has 4 heteroatoms. The van der Waals surface area contributed by atoms with Gasteiger partial charge in [0.05, 0.1) is 14.2 Å². The van der Waals surface area contributed by atoms with Gasteiger partial charge in [0, 0.05) is 12.2 Å². The maximum atomic E-state index is 11.0. The third-order valence-electron chi connectivity index (χ3n) is 1.50. The highest BCUT2D eigenvalue weighted by Crippen LogP contribution is 2.12. The SMILES string of the molecule is COC1=CC(=O)C(=N)C(OC)=C1. The van der Waals surface area contributed by atoms with Crippen LogP contribution < -0.4 is 0 Å². The van der Waals surface area contributed by atoms with Crippen molar-refractivity contribution in [2.24, 2.45) is 0 Å². The van der Waals surface area contributed by atoms with Gasteiger partial charge in [0.25, 0.3) is 0 Å². The normalized spacial score (nSPS) is 16.8. The zero-order valence-corrected chi connectivity index (χ0v) is 6.88. The lowest BCUT2D eigenvalue weighted by molar-refractivity contribution is -0.109. The maximum Gasteiger partial charge on any atom is 0.210 e. The molecule has 1 aliphatic rings. The molecule has 0 saturated carbocycles. The van der Waals surface area contributed by atoms with Crippen molar-refractivity contribution in [2.45, 2.75) is 0 Å². The molecule has 0 saturated heterocycles.